The van der Waals surface area contributed by atoms with Crippen molar-refractivity contribution < 1.29 is 5.11 Å². The van der Waals surface area contributed by atoms with Crippen LogP contribution in [0, 0.1) is 18.5 Å². The number of phenolic OH excluding ortho intramolecular Hbond substituents is 1. The Kier molecular flexibility index (Phi) is 5.68. The van der Waals surface area contributed by atoms with Crippen LogP contribution in [0.1, 0.15) is 18.0 Å². The predicted octanol–water partition coefficient (Wildman–Crippen LogP) is 2.46. The molecule has 1 aliphatic heterocycles. The van der Waals surface area contributed by atoms with E-state index in [2.05, 4.69) is 61.5 Å². The monoisotopic (exact) mass is 483 g/mol. The summed E-state index contributed by atoms with van der Waals surface area (Å²) in [5.41, 5.74) is 1.12. The second kappa shape index (κ2) is 7.06. The molecule has 0 amide bonds. The van der Waals surface area contributed by atoms with Crippen LogP contribution >= 0.6 is 45.2 Å². The summed E-state index contributed by atoms with van der Waals surface area (Å²) in [6.45, 7) is 3.85. The highest BCUT2D eigenvalue weighted by Crippen LogP contribution is 2.33. The average molecular weight is 483 g/mol. The summed E-state index contributed by atoms with van der Waals surface area (Å²) in [7, 11) is 0. The van der Waals surface area contributed by atoms with E-state index in [1.54, 1.807) is 0 Å². The number of rotatable bonds is 3. The molecule has 1 heterocycles. The molecule has 0 radical (unpaired) electrons. The summed E-state index contributed by atoms with van der Waals surface area (Å²) in [4.78, 5) is 2.35. The number of aromatic hydroxyl groups is 1. The molecule has 19 heavy (non-hydrogen) atoms. The molecule has 1 fully saturated rings. The van der Waals surface area contributed by atoms with Crippen molar-refractivity contribution in [3.05, 3.63) is 24.8 Å². The van der Waals surface area contributed by atoms with Crippen molar-refractivity contribution in [1.82, 2.24) is 10.2 Å². The van der Waals surface area contributed by atoms with Crippen molar-refractivity contribution in [3.8, 4) is 11.8 Å². The van der Waals surface area contributed by atoms with Crippen molar-refractivity contribution in [2.75, 3.05) is 26.2 Å². The van der Waals surface area contributed by atoms with E-state index in [4.69, 9.17) is 5.26 Å². The van der Waals surface area contributed by atoms with Gasteiger partial charge in [-0.15, -0.1) is 0 Å². The molecule has 0 unspecified atom stereocenters. The zero-order chi connectivity index (χ0) is 13.8. The van der Waals surface area contributed by atoms with Gasteiger partial charge in [0.15, 0.2) is 0 Å². The average Bonchev–Trinajstić information content (AvgIpc) is 2.42. The number of piperazine rings is 1. The lowest BCUT2D eigenvalue weighted by Gasteiger charge is -2.34. The van der Waals surface area contributed by atoms with Gasteiger partial charge >= 0.3 is 0 Å². The molecule has 0 aromatic heterocycles. The minimum Gasteiger partial charge on any atom is -0.506 e. The third kappa shape index (κ3) is 3.71. The Morgan fingerprint density at radius 3 is 2.42 bits per heavy atom. The van der Waals surface area contributed by atoms with Crippen LogP contribution in [0.4, 0.5) is 0 Å². The highest BCUT2D eigenvalue weighted by atomic mass is 127. The fraction of sp³-hybridized carbons (Fsp3) is 0.462. The molecular weight excluding hydrogens is 468 g/mol. The van der Waals surface area contributed by atoms with Crippen LogP contribution in [-0.2, 0) is 0 Å². The zero-order valence-corrected chi connectivity index (χ0v) is 14.7. The lowest BCUT2D eigenvalue weighted by Crippen LogP contribution is -2.45. The van der Waals surface area contributed by atoms with Gasteiger partial charge in [-0.05, 0) is 62.9 Å². The van der Waals surface area contributed by atoms with Crippen molar-refractivity contribution in [1.29, 1.82) is 5.26 Å². The Morgan fingerprint density at radius 2 is 1.89 bits per heavy atom. The molecule has 0 bridgehead atoms. The van der Waals surface area contributed by atoms with Crippen molar-refractivity contribution in [2.45, 2.75) is 12.5 Å². The van der Waals surface area contributed by atoms with Gasteiger partial charge in [0.05, 0.1) is 19.6 Å². The molecular formula is C13H15I2N3O. The minimum atomic E-state index is 0.120. The van der Waals surface area contributed by atoms with Crippen molar-refractivity contribution in [2.24, 2.45) is 0 Å². The summed E-state index contributed by atoms with van der Waals surface area (Å²) in [6, 6.07) is 6.38. The molecule has 2 rings (SSSR count). The number of hydrogen-bond donors (Lipinski definition) is 2. The molecule has 1 aromatic rings. The molecule has 1 aromatic carbocycles. The number of benzene rings is 1. The highest BCUT2D eigenvalue weighted by molar-refractivity contribution is 14.1. The van der Waals surface area contributed by atoms with Gasteiger partial charge in [0, 0.05) is 32.2 Å². The van der Waals surface area contributed by atoms with Crippen molar-refractivity contribution in [3.63, 3.8) is 0 Å². The molecule has 6 heteroatoms. The zero-order valence-electron chi connectivity index (χ0n) is 10.4. The van der Waals surface area contributed by atoms with E-state index in [1.165, 1.54) is 0 Å². The van der Waals surface area contributed by atoms with E-state index in [1.807, 2.05) is 12.1 Å². The molecule has 1 aliphatic rings. The van der Waals surface area contributed by atoms with Crippen LogP contribution in [0.15, 0.2) is 12.1 Å². The first-order valence-corrected chi connectivity index (χ1v) is 8.29. The molecule has 102 valence electrons. The van der Waals surface area contributed by atoms with Crippen LogP contribution in [0.25, 0.3) is 0 Å². The van der Waals surface area contributed by atoms with Gasteiger partial charge in [-0.25, -0.2) is 0 Å². The molecule has 1 atom stereocenters. The maximum Gasteiger partial charge on any atom is 0.142 e. The largest absolute Gasteiger partial charge is 0.506 e. The van der Waals surface area contributed by atoms with E-state index in [9.17, 15) is 5.11 Å². The summed E-state index contributed by atoms with van der Waals surface area (Å²) in [5, 5.41) is 22.3. The first-order chi connectivity index (χ1) is 9.13. The standard InChI is InChI=1S/C13H15I2N3O/c14-10-7-9(8-11(15)13(10)19)12(1-2-16)18-5-3-17-4-6-18/h7-8,12,17,19H,1,3-6H2/t12-/m1/s1. The number of hydrogen-bond acceptors (Lipinski definition) is 4. The molecule has 1 saturated heterocycles. The SMILES string of the molecule is N#CC[C@H](c1cc(I)c(O)c(I)c1)N1CCNCC1. The fourth-order valence-electron chi connectivity index (χ4n) is 2.32. The van der Waals surface area contributed by atoms with Crippen LogP contribution in [0.2, 0.25) is 0 Å². The van der Waals surface area contributed by atoms with E-state index >= 15 is 0 Å². The lowest BCUT2D eigenvalue weighted by molar-refractivity contribution is 0.175. The van der Waals surface area contributed by atoms with Crippen LogP contribution in [-0.4, -0.2) is 36.2 Å². The third-order valence-corrected chi connectivity index (χ3v) is 4.95. The maximum absolute atomic E-state index is 9.85. The molecule has 2 N–H and O–H groups in total. The summed E-state index contributed by atoms with van der Waals surface area (Å²) in [6.07, 6.45) is 0.483. The first kappa shape index (κ1) is 15.3. The van der Waals surface area contributed by atoms with Gasteiger partial charge in [0.25, 0.3) is 0 Å². The van der Waals surface area contributed by atoms with Crippen molar-refractivity contribution >= 4 is 45.2 Å². The van der Waals surface area contributed by atoms with Gasteiger partial charge in [0.1, 0.15) is 5.75 Å². The smallest absolute Gasteiger partial charge is 0.142 e. The highest BCUT2D eigenvalue weighted by Gasteiger charge is 2.23. The molecule has 4 nitrogen and oxygen atoms in total. The van der Waals surface area contributed by atoms with E-state index in [-0.39, 0.29) is 6.04 Å². The molecule has 0 spiro atoms. The minimum absolute atomic E-state index is 0.120. The Morgan fingerprint density at radius 1 is 1.32 bits per heavy atom. The Hall–Kier alpha value is -0.110. The van der Waals surface area contributed by atoms with Gasteiger partial charge in [-0.1, -0.05) is 0 Å². The number of halogens is 2. The van der Waals surface area contributed by atoms with Gasteiger partial charge in [0.2, 0.25) is 0 Å². The maximum atomic E-state index is 9.85. The second-order valence-electron chi connectivity index (χ2n) is 4.50. The summed E-state index contributed by atoms with van der Waals surface area (Å²) < 4.78 is 1.69. The number of nitriles is 1. The number of nitrogens with one attached hydrogen (secondary N) is 1. The van der Waals surface area contributed by atoms with Crippen LogP contribution < -0.4 is 5.32 Å². The Labute approximate surface area is 140 Å². The van der Waals surface area contributed by atoms with E-state index in [0.29, 0.717) is 12.2 Å². The third-order valence-electron chi connectivity index (χ3n) is 3.30. The first-order valence-electron chi connectivity index (χ1n) is 6.13. The second-order valence-corrected chi connectivity index (χ2v) is 6.82. The Balaban J connectivity index is 2.30. The topological polar surface area (TPSA) is 59.3 Å². The number of nitrogens with zero attached hydrogens (tertiary/aromatic N) is 2. The lowest BCUT2D eigenvalue weighted by atomic mass is 10.0. The van der Waals surface area contributed by atoms with E-state index < -0.39 is 0 Å². The van der Waals surface area contributed by atoms with Crippen LogP contribution in [0.5, 0.6) is 5.75 Å². The molecule has 0 aliphatic carbocycles. The van der Waals surface area contributed by atoms with Gasteiger partial charge in [-0.3, -0.25) is 4.90 Å². The number of phenols is 1. The van der Waals surface area contributed by atoms with Gasteiger partial charge in [-0.2, -0.15) is 5.26 Å². The molecule has 0 saturated carbocycles. The van der Waals surface area contributed by atoms with Gasteiger partial charge < -0.3 is 10.4 Å². The van der Waals surface area contributed by atoms with E-state index in [0.717, 1.165) is 38.9 Å². The summed E-state index contributed by atoms with van der Waals surface area (Å²) >= 11 is 4.28. The predicted molar refractivity (Wildman–Crippen MR) is 91.0 cm³/mol. The summed E-state index contributed by atoms with van der Waals surface area (Å²) in [5.74, 6) is 0.334. The quantitative estimate of drug-likeness (QED) is 0.650. The van der Waals surface area contributed by atoms with Crippen LogP contribution in [0.3, 0.4) is 0 Å². The Bertz CT molecular complexity index is 472. The fourth-order valence-corrected chi connectivity index (χ4v) is 4.13. The normalized spacial score (nSPS) is 17.9.